The second-order valence-corrected chi connectivity index (χ2v) is 6.82. The van der Waals surface area contributed by atoms with Gasteiger partial charge in [0.1, 0.15) is 5.82 Å². The fourth-order valence-corrected chi connectivity index (χ4v) is 3.85. The van der Waals surface area contributed by atoms with E-state index in [9.17, 15) is 4.79 Å². The predicted octanol–water partition coefficient (Wildman–Crippen LogP) is 2.61. The normalized spacial score (nSPS) is 15.7. The highest BCUT2D eigenvalue weighted by Crippen LogP contribution is 2.43. The van der Waals surface area contributed by atoms with Gasteiger partial charge in [-0.25, -0.2) is 4.98 Å². The molecule has 0 radical (unpaired) electrons. The van der Waals surface area contributed by atoms with Crippen molar-refractivity contribution in [2.45, 2.75) is 37.5 Å². The number of hydrogen-bond donors (Lipinski definition) is 1. The number of carbonyl (C=O) groups is 1. The Morgan fingerprint density at radius 1 is 1.23 bits per heavy atom. The van der Waals surface area contributed by atoms with E-state index in [1.165, 1.54) is 0 Å². The predicted molar refractivity (Wildman–Crippen MR) is 99.6 cm³/mol. The zero-order valence-electron chi connectivity index (χ0n) is 15.7. The largest absolute Gasteiger partial charge is 0.493 e. The molecule has 6 heteroatoms. The number of imidazole rings is 1. The number of rotatable bonds is 7. The molecule has 3 rings (SSSR count). The number of aryl methyl sites for hydroxylation is 1. The van der Waals surface area contributed by atoms with Crippen molar-refractivity contribution < 1.29 is 14.3 Å². The molecule has 2 aromatic rings. The number of benzene rings is 1. The van der Waals surface area contributed by atoms with Gasteiger partial charge >= 0.3 is 0 Å². The Morgan fingerprint density at radius 2 is 1.96 bits per heavy atom. The Morgan fingerprint density at radius 3 is 2.58 bits per heavy atom. The van der Waals surface area contributed by atoms with Crippen molar-refractivity contribution >= 4 is 5.91 Å². The lowest BCUT2D eigenvalue weighted by atomic mass is 9.77. The van der Waals surface area contributed by atoms with E-state index in [0.717, 1.165) is 43.5 Å². The van der Waals surface area contributed by atoms with E-state index >= 15 is 0 Å². The number of methoxy groups -OCH3 is 2. The van der Waals surface area contributed by atoms with E-state index in [2.05, 4.69) is 10.3 Å². The second kappa shape index (κ2) is 7.81. The summed E-state index contributed by atoms with van der Waals surface area (Å²) in [7, 11) is 5.20. The van der Waals surface area contributed by atoms with Crippen LogP contribution in [0.15, 0.2) is 30.6 Å². The first-order valence-electron chi connectivity index (χ1n) is 9.08. The Labute approximate surface area is 154 Å². The summed E-state index contributed by atoms with van der Waals surface area (Å²) in [6.45, 7) is 0.582. The van der Waals surface area contributed by atoms with Crippen LogP contribution in [0, 0.1) is 0 Å². The fraction of sp³-hybridized carbons (Fsp3) is 0.500. The lowest BCUT2D eigenvalue weighted by Crippen LogP contribution is -2.43. The van der Waals surface area contributed by atoms with Crippen LogP contribution in [0.5, 0.6) is 11.5 Å². The van der Waals surface area contributed by atoms with Crippen LogP contribution in [0.2, 0.25) is 0 Å². The molecular formula is C20H27N3O3. The molecule has 0 unspecified atom stereocenters. The molecule has 0 saturated heterocycles. The number of nitrogens with zero attached hydrogens (tertiary/aromatic N) is 2. The SMILES string of the molecule is COc1ccc(C2(C(=O)NCCc3nccn3C)CCCC2)cc1OC. The van der Waals surface area contributed by atoms with E-state index in [0.29, 0.717) is 18.0 Å². The highest BCUT2D eigenvalue weighted by Gasteiger charge is 2.42. The molecule has 26 heavy (non-hydrogen) atoms. The number of ether oxygens (including phenoxy) is 2. The maximum atomic E-state index is 13.1. The first kappa shape index (κ1) is 18.3. The second-order valence-electron chi connectivity index (χ2n) is 6.82. The van der Waals surface area contributed by atoms with Crippen LogP contribution in [-0.4, -0.2) is 36.2 Å². The van der Waals surface area contributed by atoms with Gasteiger partial charge in [-0.3, -0.25) is 4.79 Å². The van der Waals surface area contributed by atoms with Gasteiger partial charge in [-0.15, -0.1) is 0 Å². The third-order valence-electron chi connectivity index (χ3n) is 5.38. The molecule has 0 aliphatic heterocycles. The summed E-state index contributed by atoms with van der Waals surface area (Å²) in [4.78, 5) is 17.4. The summed E-state index contributed by atoms with van der Waals surface area (Å²) in [6.07, 6.45) is 8.24. The van der Waals surface area contributed by atoms with Crippen LogP contribution >= 0.6 is 0 Å². The molecule has 0 bridgehead atoms. The summed E-state index contributed by atoms with van der Waals surface area (Å²) in [6, 6.07) is 5.82. The quantitative estimate of drug-likeness (QED) is 0.827. The Hall–Kier alpha value is -2.50. The minimum Gasteiger partial charge on any atom is -0.493 e. The average molecular weight is 357 g/mol. The highest BCUT2D eigenvalue weighted by atomic mass is 16.5. The van der Waals surface area contributed by atoms with Gasteiger partial charge in [-0.05, 0) is 30.5 Å². The Balaban J connectivity index is 1.76. The van der Waals surface area contributed by atoms with Gasteiger partial charge in [-0.2, -0.15) is 0 Å². The lowest BCUT2D eigenvalue weighted by Gasteiger charge is -2.29. The van der Waals surface area contributed by atoms with Gasteiger partial charge in [0, 0.05) is 32.4 Å². The molecule has 1 aromatic heterocycles. The van der Waals surface area contributed by atoms with E-state index < -0.39 is 5.41 Å². The average Bonchev–Trinajstić information content (AvgIpc) is 3.31. The maximum Gasteiger partial charge on any atom is 0.230 e. The van der Waals surface area contributed by atoms with Crippen molar-refractivity contribution in [3.8, 4) is 11.5 Å². The summed E-state index contributed by atoms with van der Waals surface area (Å²) >= 11 is 0. The molecule has 1 amide bonds. The van der Waals surface area contributed by atoms with E-state index in [1.807, 2.05) is 36.0 Å². The zero-order valence-corrected chi connectivity index (χ0v) is 15.7. The first-order chi connectivity index (χ1) is 12.6. The summed E-state index contributed by atoms with van der Waals surface area (Å²) in [5.41, 5.74) is 0.517. The van der Waals surface area contributed by atoms with Crippen molar-refractivity contribution in [1.29, 1.82) is 0 Å². The van der Waals surface area contributed by atoms with E-state index in [-0.39, 0.29) is 5.91 Å². The number of amides is 1. The zero-order chi connectivity index (χ0) is 18.6. The third kappa shape index (κ3) is 3.41. The van der Waals surface area contributed by atoms with Gasteiger partial charge in [0.2, 0.25) is 5.91 Å². The molecule has 6 nitrogen and oxygen atoms in total. The van der Waals surface area contributed by atoms with Crippen molar-refractivity contribution in [3.63, 3.8) is 0 Å². The molecule has 1 N–H and O–H groups in total. The molecule has 140 valence electrons. The molecule has 0 spiro atoms. The molecule has 1 aliphatic rings. The van der Waals surface area contributed by atoms with Gasteiger partial charge in [-0.1, -0.05) is 18.9 Å². The molecule has 1 aromatic carbocycles. The minimum absolute atomic E-state index is 0.0939. The van der Waals surface area contributed by atoms with Gasteiger partial charge in [0.05, 0.1) is 19.6 Å². The lowest BCUT2D eigenvalue weighted by molar-refractivity contribution is -0.126. The monoisotopic (exact) mass is 357 g/mol. The third-order valence-corrected chi connectivity index (χ3v) is 5.38. The molecule has 0 atom stereocenters. The number of nitrogens with one attached hydrogen (secondary N) is 1. The number of carbonyl (C=O) groups excluding carboxylic acids is 1. The standard InChI is InChI=1S/C20H27N3O3/c1-23-13-12-21-18(23)8-11-22-19(24)20(9-4-5-10-20)15-6-7-16(25-2)17(14-15)26-3/h6-7,12-14H,4-5,8-11H2,1-3H3,(H,22,24). The van der Waals surface area contributed by atoms with Crippen LogP contribution in [0.3, 0.4) is 0 Å². The van der Waals surface area contributed by atoms with Gasteiger partial charge < -0.3 is 19.4 Å². The summed E-state index contributed by atoms with van der Waals surface area (Å²) < 4.78 is 12.7. The van der Waals surface area contributed by atoms with Crippen LogP contribution < -0.4 is 14.8 Å². The molecule has 1 aliphatic carbocycles. The van der Waals surface area contributed by atoms with Crippen LogP contribution in [0.25, 0.3) is 0 Å². The van der Waals surface area contributed by atoms with Crippen LogP contribution in [0.4, 0.5) is 0 Å². The smallest absolute Gasteiger partial charge is 0.230 e. The van der Waals surface area contributed by atoms with Crippen LogP contribution in [0.1, 0.15) is 37.1 Å². The molecule has 1 fully saturated rings. The number of hydrogen-bond acceptors (Lipinski definition) is 4. The van der Waals surface area contributed by atoms with Crippen molar-refractivity contribution in [1.82, 2.24) is 14.9 Å². The first-order valence-corrected chi connectivity index (χ1v) is 9.08. The Kier molecular flexibility index (Phi) is 5.49. The van der Waals surface area contributed by atoms with E-state index in [4.69, 9.17) is 9.47 Å². The Bertz CT molecular complexity index is 763. The van der Waals surface area contributed by atoms with Crippen molar-refractivity contribution in [2.24, 2.45) is 7.05 Å². The van der Waals surface area contributed by atoms with Crippen LogP contribution in [-0.2, 0) is 23.7 Å². The van der Waals surface area contributed by atoms with Crippen molar-refractivity contribution in [2.75, 3.05) is 20.8 Å². The highest BCUT2D eigenvalue weighted by molar-refractivity contribution is 5.88. The molecule has 1 saturated carbocycles. The van der Waals surface area contributed by atoms with E-state index in [1.54, 1.807) is 20.4 Å². The minimum atomic E-state index is -0.485. The van der Waals surface area contributed by atoms with Gasteiger partial charge in [0.15, 0.2) is 11.5 Å². The summed E-state index contributed by atoms with van der Waals surface area (Å²) in [5.74, 6) is 2.41. The molecular weight excluding hydrogens is 330 g/mol. The maximum absolute atomic E-state index is 13.1. The van der Waals surface area contributed by atoms with Gasteiger partial charge in [0.25, 0.3) is 0 Å². The topological polar surface area (TPSA) is 65.4 Å². The van der Waals surface area contributed by atoms with Crippen molar-refractivity contribution in [3.05, 3.63) is 42.0 Å². The summed E-state index contributed by atoms with van der Waals surface area (Å²) in [5, 5.41) is 3.13. The number of aromatic nitrogens is 2. The fourth-order valence-electron chi connectivity index (χ4n) is 3.85. The molecule has 1 heterocycles.